The Hall–Kier alpha value is -3.39. The van der Waals surface area contributed by atoms with Crippen molar-refractivity contribution in [2.75, 3.05) is 5.32 Å². The lowest BCUT2D eigenvalue weighted by Gasteiger charge is -2.08. The van der Waals surface area contributed by atoms with Crippen molar-refractivity contribution in [3.63, 3.8) is 0 Å². The lowest BCUT2D eigenvalue weighted by molar-refractivity contribution is -0.116. The lowest BCUT2D eigenvalue weighted by Crippen LogP contribution is -2.27. The molecule has 0 unspecified atom stereocenters. The minimum atomic E-state index is -0.540. The molecule has 0 spiro atoms. The molecule has 2 heterocycles. The molecule has 0 aliphatic heterocycles. The van der Waals surface area contributed by atoms with Crippen LogP contribution in [0.2, 0.25) is 0 Å². The third-order valence-electron chi connectivity index (χ3n) is 4.24. The van der Waals surface area contributed by atoms with Crippen LogP contribution in [0.15, 0.2) is 59.7 Å². The second-order valence-corrected chi connectivity index (χ2v) is 7.05. The first-order chi connectivity index (χ1) is 13.5. The van der Waals surface area contributed by atoms with Crippen LogP contribution >= 0.6 is 11.5 Å². The molecule has 0 bridgehead atoms. The van der Waals surface area contributed by atoms with Crippen molar-refractivity contribution in [1.29, 1.82) is 0 Å². The Labute approximate surface area is 163 Å². The van der Waals surface area contributed by atoms with Crippen LogP contribution in [0.4, 0.5) is 10.1 Å². The van der Waals surface area contributed by atoms with E-state index in [-0.39, 0.29) is 17.8 Å². The number of halogens is 1. The van der Waals surface area contributed by atoms with Crippen molar-refractivity contribution in [1.82, 2.24) is 13.9 Å². The molecule has 1 amide bonds. The number of carbonyl (C=O) groups is 1. The van der Waals surface area contributed by atoms with Gasteiger partial charge in [0.15, 0.2) is 0 Å². The van der Waals surface area contributed by atoms with Gasteiger partial charge >= 0.3 is 0 Å². The number of nitrogens with zero attached hydrogens (tertiary/aromatic N) is 3. The zero-order valence-electron chi connectivity index (χ0n) is 14.8. The first-order valence-corrected chi connectivity index (χ1v) is 9.26. The predicted molar refractivity (Wildman–Crippen MR) is 107 cm³/mol. The Balaban J connectivity index is 1.62. The van der Waals surface area contributed by atoms with E-state index >= 15 is 0 Å². The molecular weight excluding hydrogens is 379 g/mol. The highest BCUT2D eigenvalue weighted by molar-refractivity contribution is 7.13. The van der Waals surface area contributed by atoms with Crippen LogP contribution in [0.1, 0.15) is 5.56 Å². The fourth-order valence-electron chi connectivity index (χ4n) is 2.78. The van der Waals surface area contributed by atoms with Gasteiger partial charge in [-0.2, -0.15) is 4.37 Å². The van der Waals surface area contributed by atoms with Crippen molar-refractivity contribution < 1.29 is 9.18 Å². The van der Waals surface area contributed by atoms with Crippen molar-refractivity contribution in [3.8, 4) is 11.3 Å². The molecule has 6 nitrogen and oxygen atoms in total. The number of anilines is 1. The Morgan fingerprint density at radius 2 is 1.93 bits per heavy atom. The average Bonchev–Trinajstić information content (AvgIpc) is 3.11. The van der Waals surface area contributed by atoms with Gasteiger partial charge in [0.25, 0.3) is 5.56 Å². The second kappa shape index (κ2) is 7.32. The summed E-state index contributed by atoms with van der Waals surface area (Å²) in [4.78, 5) is 29.3. The molecule has 0 saturated heterocycles. The SMILES string of the molecule is Cc1ccc(-c2nsc3c(=O)n(CC(=O)Nc4ccccc4F)cnc23)cc1. The zero-order chi connectivity index (χ0) is 19.7. The zero-order valence-corrected chi connectivity index (χ0v) is 15.7. The summed E-state index contributed by atoms with van der Waals surface area (Å²) in [5, 5.41) is 2.46. The van der Waals surface area contributed by atoms with Gasteiger partial charge in [0.1, 0.15) is 28.3 Å². The van der Waals surface area contributed by atoms with E-state index in [9.17, 15) is 14.0 Å². The summed E-state index contributed by atoms with van der Waals surface area (Å²) in [6.07, 6.45) is 1.32. The van der Waals surface area contributed by atoms with Crippen LogP contribution in [0.25, 0.3) is 21.5 Å². The third kappa shape index (κ3) is 3.41. The molecule has 0 aliphatic carbocycles. The molecule has 1 N–H and O–H groups in total. The van der Waals surface area contributed by atoms with Crippen LogP contribution in [-0.4, -0.2) is 19.8 Å². The van der Waals surface area contributed by atoms with Gasteiger partial charge in [0.2, 0.25) is 5.91 Å². The number of para-hydroxylation sites is 1. The molecule has 0 saturated carbocycles. The molecule has 0 fully saturated rings. The molecule has 140 valence electrons. The molecule has 4 rings (SSSR count). The van der Waals surface area contributed by atoms with Crippen molar-refractivity contribution in [2.45, 2.75) is 13.5 Å². The summed E-state index contributed by atoms with van der Waals surface area (Å²) < 4.78 is 19.6. The minimum absolute atomic E-state index is 0.0639. The standard InChI is InChI=1S/C20H15FN4O2S/c1-12-6-8-13(9-7-12)17-18-19(28-24-17)20(27)25(11-22-18)10-16(26)23-15-5-3-2-4-14(15)21/h2-9,11H,10H2,1H3,(H,23,26). The number of carbonyl (C=O) groups excluding carboxylic acids is 1. The molecule has 2 aromatic carbocycles. The van der Waals surface area contributed by atoms with Gasteiger partial charge in [-0.1, -0.05) is 42.0 Å². The van der Waals surface area contributed by atoms with E-state index in [4.69, 9.17) is 0 Å². The van der Waals surface area contributed by atoms with Crippen LogP contribution < -0.4 is 10.9 Å². The van der Waals surface area contributed by atoms with E-state index in [0.717, 1.165) is 22.7 Å². The van der Waals surface area contributed by atoms with E-state index in [1.54, 1.807) is 6.07 Å². The van der Waals surface area contributed by atoms with Crippen LogP contribution in [0, 0.1) is 12.7 Å². The molecule has 4 aromatic rings. The fraction of sp³-hybridized carbons (Fsp3) is 0.100. The van der Waals surface area contributed by atoms with E-state index < -0.39 is 11.7 Å². The number of nitrogens with one attached hydrogen (secondary N) is 1. The maximum Gasteiger partial charge on any atom is 0.273 e. The first kappa shape index (κ1) is 18.0. The Morgan fingerprint density at radius 1 is 1.18 bits per heavy atom. The van der Waals surface area contributed by atoms with Crippen molar-refractivity contribution >= 4 is 33.3 Å². The first-order valence-electron chi connectivity index (χ1n) is 8.49. The number of amides is 1. The van der Waals surface area contributed by atoms with Crippen molar-refractivity contribution in [2.24, 2.45) is 0 Å². The maximum absolute atomic E-state index is 13.7. The van der Waals surface area contributed by atoms with E-state index in [0.29, 0.717) is 15.9 Å². The number of aromatic nitrogens is 3. The van der Waals surface area contributed by atoms with Crippen molar-refractivity contribution in [3.05, 3.63) is 76.6 Å². The van der Waals surface area contributed by atoms with Crippen LogP contribution in [0.3, 0.4) is 0 Å². The average molecular weight is 394 g/mol. The minimum Gasteiger partial charge on any atom is -0.322 e. The third-order valence-corrected chi connectivity index (χ3v) is 5.06. The van der Waals surface area contributed by atoms with Crippen LogP contribution in [0.5, 0.6) is 0 Å². The van der Waals surface area contributed by atoms with E-state index in [1.807, 2.05) is 31.2 Å². The lowest BCUT2D eigenvalue weighted by atomic mass is 10.1. The summed E-state index contributed by atoms with van der Waals surface area (Å²) in [7, 11) is 0. The van der Waals surface area contributed by atoms with Gasteiger partial charge in [0, 0.05) is 5.56 Å². The highest BCUT2D eigenvalue weighted by Gasteiger charge is 2.16. The number of hydrogen-bond donors (Lipinski definition) is 1. The van der Waals surface area contributed by atoms with E-state index in [2.05, 4.69) is 14.7 Å². The summed E-state index contributed by atoms with van der Waals surface area (Å²) in [5.41, 5.74) is 2.85. The highest BCUT2D eigenvalue weighted by atomic mass is 32.1. The predicted octanol–water partition coefficient (Wildman–Crippen LogP) is 3.61. The van der Waals surface area contributed by atoms with Gasteiger partial charge < -0.3 is 5.32 Å². The monoisotopic (exact) mass is 394 g/mol. The Kier molecular flexibility index (Phi) is 4.70. The Bertz CT molecular complexity index is 1230. The van der Waals surface area contributed by atoms with Gasteiger partial charge in [0.05, 0.1) is 12.0 Å². The molecular formula is C20H15FN4O2S. The van der Waals surface area contributed by atoms with Gasteiger partial charge in [-0.3, -0.25) is 14.2 Å². The van der Waals surface area contributed by atoms with Gasteiger partial charge in [-0.25, -0.2) is 9.37 Å². The maximum atomic E-state index is 13.7. The molecule has 0 radical (unpaired) electrons. The number of benzene rings is 2. The summed E-state index contributed by atoms with van der Waals surface area (Å²) >= 11 is 1.05. The second-order valence-electron chi connectivity index (χ2n) is 6.28. The Morgan fingerprint density at radius 3 is 2.68 bits per heavy atom. The topological polar surface area (TPSA) is 76.9 Å². The number of aryl methyl sites for hydroxylation is 1. The molecule has 0 atom stereocenters. The summed E-state index contributed by atoms with van der Waals surface area (Å²) in [5.74, 6) is -1.06. The van der Waals surface area contributed by atoms with Crippen LogP contribution in [-0.2, 0) is 11.3 Å². The normalized spacial score (nSPS) is 10.9. The molecule has 0 aliphatic rings. The smallest absolute Gasteiger partial charge is 0.273 e. The number of fused-ring (bicyclic) bond motifs is 1. The largest absolute Gasteiger partial charge is 0.322 e. The summed E-state index contributed by atoms with van der Waals surface area (Å²) in [6.45, 7) is 1.72. The highest BCUT2D eigenvalue weighted by Crippen LogP contribution is 2.27. The quantitative estimate of drug-likeness (QED) is 0.574. The molecule has 2 aromatic heterocycles. The number of rotatable bonds is 4. The molecule has 28 heavy (non-hydrogen) atoms. The van der Waals surface area contributed by atoms with Gasteiger partial charge in [-0.15, -0.1) is 0 Å². The summed E-state index contributed by atoms with van der Waals surface area (Å²) in [6, 6.07) is 13.6. The number of hydrogen-bond acceptors (Lipinski definition) is 5. The fourth-order valence-corrected chi connectivity index (χ4v) is 3.58. The van der Waals surface area contributed by atoms with E-state index in [1.165, 1.54) is 29.1 Å². The molecule has 8 heteroatoms. The van der Waals surface area contributed by atoms with Gasteiger partial charge in [-0.05, 0) is 30.6 Å².